The molecule has 0 N–H and O–H groups in total. The van der Waals surface area contributed by atoms with Crippen LogP contribution in [-0.2, 0) is 14.3 Å². The van der Waals surface area contributed by atoms with Crippen LogP contribution in [0.25, 0.3) is 6.08 Å². The Kier molecular flexibility index (Phi) is 7.66. The number of carbonyl (C=O) groups is 3. The molecular formula is C21H17N3O10S. The normalized spacial score (nSPS) is 14.2. The Bertz CT molecular complexity index is 1260. The van der Waals surface area contributed by atoms with Gasteiger partial charge in [0.25, 0.3) is 16.8 Å². The maximum Gasteiger partial charge on any atom is 0.326 e. The van der Waals surface area contributed by atoms with Gasteiger partial charge in [-0.25, -0.2) is 0 Å². The summed E-state index contributed by atoms with van der Waals surface area (Å²) in [5.41, 5.74) is -0.734. The molecule has 0 aliphatic carbocycles. The number of hydrogen-bond donors (Lipinski definition) is 0. The Labute approximate surface area is 201 Å². The first-order valence-electron chi connectivity index (χ1n) is 9.84. The summed E-state index contributed by atoms with van der Waals surface area (Å²) >= 11 is 0.633. The zero-order valence-corrected chi connectivity index (χ0v) is 19.1. The first-order chi connectivity index (χ1) is 16.6. The van der Waals surface area contributed by atoms with Gasteiger partial charge < -0.3 is 14.2 Å². The van der Waals surface area contributed by atoms with E-state index < -0.39 is 44.9 Å². The molecule has 0 atom stereocenters. The van der Waals surface area contributed by atoms with Crippen molar-refractivity contribution in [1.82, 2.24) is 4.90 Å². The molecule has 0 spiro atoms. The predicted molar refractivity (Wildman–Crippen MR) is 122 cm³/mol. The Morgan fingerprint density at radius 2 is 1.77 bits per heavy atom. The molecule has 1 aliphatic heterocycles. The van der Waals surface area contributed by atoms with Crippen LogP contribution in [0.15, 0.2) is 41.3 Å². The summed E-state index contributed by atoms with van der Waals surface area (Å²) in [4.78, 5) is 58.0. The molecule has 182 valence electrons. The van der Waals surface area contributed by atoms with Crippen LogP contribution in [0.2, 0.25) is 0 Å². The van der Waals surface area contributed by atoms with Crippen molar-refractivity contribution < 1.29 is 38.4 Å². The second-order valence-electron chi connectivity index (χ2n) is 6.75. The van der Waals surface area contributed by atoms with Crippen molar-refractivity contribution >= 4 is 46.3 Å². The van der Waals surface area contributed by atoms with Crippen LogP contribution in [0, 0.1) is 20.2 Å². The number of ether oxygens (including phenoxy) is 3. The van der Waals surface area contributed by atoms with Gasteiger partial charge in [-0.15, -0.1) is 0 Å². The minimum atomic E-state index is -0.821. The molecule has 35 heavy (non-hydrogen) atoms. The average molecular weight is 503 g/mol. The van der Waals surface area contributed by atoms with E-state index in [1.165, 1.54) is 25.3 Å². The Morgan fingerprint density at radius 1 is 1.06 bits per heavy atom. The molecule has 2 aromatic rings. The fraction of sp³-hybridized carbons (Fsp3) is 0.190. The molecule has 2 amide bonds. The van der Waals surface area contributed by atoms with E-state index in [-0.39, 0.29) is 28.8 Å². The third kappa shape index (κ3) is 5.73. The van der Waals surface area contributed by atoms with E-state index in [4.69, 9.17) is 14.2 Å². The number of nitro benzene ring substituents is 2. The summed E-state index contributed by atoms with van der Waals surface area (Å²) in [5, 5.41) is 21.7. The molecule has 2 aromatic carbocycles. The fourth-order valence-corrected chi connectivity index (χ4v) is 3.79. The molecular weight excluding hydrogens is 486 g/mol. The number of thioether (sulfide) groups is 1. The Balaban J connectivity index is 1.92. The molecule has 0 bridgehead atoms. The van der Waals surface area contributed by atoms with E-state index in [2.05, 4.69) is 0 Å². The molecule has 1 saturated heterocycles. The maximum absolute atomic E-state index is 12.6. The van der Waals surface area contributed by atoms with Gasteiger partial charge in [0.05, 0.1) is 34.5 Å². The molecule has 1 aliphatic rings. The van der Waals surface area contributed by atoms with E-state index in [0.717, 1.165) is 23.1 Å². The molecule has 14 heteroatoms. The van der Waals surface area contributed by atoms with Crippen molar-refractivity contribution in [3.8, 4) is 17.2 Å². The third-order valence-electron chi connectivity index (χ3n) is 4.52. The largest absolute Gasteiger partial charge is 0.493 e. The van der Waals surface area contributed by atoms with Gasteiger partial charge in [0.1, 0.15) is 6.54 Å². The van der Waals surface area contributed by atoms with Gasteiger partial charge >= 0.3 is 11.7 Å². The van der Waals surface area contributed by atoms with Crippen LogP contribution in [0.4, 0.5) is 16.2 Å². The van der Waals surface area contributed by atoms with E-state index in [9.17, 15) is 34.6 Å². The van der Waals surface area contributed by atoms with Gasteiger partial charge in [-0.2, -0.15) is 0 Å². The highest BCUT2D eigenvalue weighted by Crippen LogP contribution is 2.39. The number of non-ortho nitro benzene ring substituents is 1. The van der Waals surface area contributed by atoms with E-state index in [1.807, 2.05) is 0 Å². The molecule has 0 unspecified atom stereocenters. The number of hydrogen-bond acceptors (Lipinski definition) is 11. The van der Waals surface area contributed by atoms with Crippen molar-refractivity contribution in [2.75, 3.05) is 20.3 Å². The molecule has 13 nitrogen and oxygen atoms in total. The van der Waals surface area contributed by atoms with Crippen molar-refractivity contribution in [1.29, 1.82) is 0 Å². The van der Waals surface area contributed by atoms with E-state index in [1.54, 1.807) is 13.0 Å². The molecule has 1 heterocycles. The lowest BCUT2D eigenvalue weighted by atomic mass is 10.1. The zero-order chi connectivity index (χ0) is 25.7. The number of nitrogens with zero attached hydrogens (tertiary/aromatic N) is 3. The Morgan fingerprint density at radius 3 is 2.40 bits per heavy atom. The SMILES string of the molecule is CCOC(=O)CN1C(=O)S/C(=C\c2ccc(OC)c(Oc3ccc([N+](=O)[O-])cc3[N+](=O)[O-])c2)C1=O. The summed E-state index contributed by atoms with van der Waals surface area (Å²) in [6.45, 7) is 1.18. The van der Waals surface area contributed by atoms with Gasteiger partial charge in [-0.3, -0.25) is 39.5 Å². The number of rotatable bonds is 9. The summed E-state index contributed by atoms with van der Waals surface area (Å²) in [6.07, 6.45) is 1.38. The van der Waals surface area contributed by atoms with Crippen molar-refractivity contribution in [2.24, 2.45) is 0 Å². The average Bonchev–Trinajstić information content (AvgIpc) is 3.06. The number of carbonyl (C=O) groups excluding carboxylic acids is 3. The second-order valence-corrected chi connectivity index (χ2v) is 7.74. The number of benzene rings is 2. The standard InChI is InChI=1S/C21H17N3O10S/c1-3-33-19(25)11-22-20(26)18(35-21(22)27)9-12-4-6-16(32-2)17(8-12)34-15-7-5-13(23(28)29)10-14(15)24(30)31/h4-10H,3,11H2,1-2H3/b18-9-. The van der Waals surface area contributed by atoms with Crippen molar-refractivity contribution in [2.45, 2.75) is 6.92 Å². The summed E-state index contributed by atoms with van der Waals surface area (Å²) in [6, 6.07) is 7.34. The summed E-state index contributed by atoms with van der Waals surface area (Å²) in [5.74, 6) is -1.47. The lowest BCUT2D eigenvalue weighted by molar-refractivity contribution is -0.394. The predicted octanol–water partition coefficient (Wildman–Crippen LogP) is 3.90. The van der Waals surface area contributed by atoms with Crippen LogP contribution in [0.1, 0.15) is 12.5 Å². The smallest absolute Gasteiger partial charge is 0.326 e. The molecule has 3 rings (SSSR count). The third-order valence-corrected chi connectivity index (χ3v) is 5.43. The summed E-state index contributed by atoms with van der Waals surface area (Å²) < 4.78 is 15.6. The molecule has 0 aromatic heterocycles. The first-order valence-corrected chi connectivity index (χ1v) is 10.7. The molecule has 1 fully saturated rings. The molecule has 0 saturated carbocycles. The first kappa shape index (κ1) is 25.2. The highest BCUT2D eigenvalue weighted by Gasteiger charge is 2.36. The maximum atomic E-state index is 12.6. The van der Waals surface area contributed by atoms with Crippen LogP contribution < -0.4 is 9.47 Å². The van der Waals surface area contributed by atoms with Gasteiger partial charge in [-0.1, -0.05) is 6.07 Å². The molecule has 0 radical (unpaired) electrons. The number of nitro groups is 2. The minimum absolute atomic E-state index is 0.0176. The zero-order valence-electron chi connectivity index (χ0n) is 18.3. The number of methoxy groups -OCH3 is 1. The number of imide groups is 1. The van der Waals surface area contributed by atoms with Crippen molar-refractivity contribution in [3.63, 3.8) is 0 Å². The fourth-order valence-electron chi connectivity index (χ4n) is 2.95. The van der Waals surface area contributed by atoms with Gasteiger partial charge in [0.2, 0.25) is 5.75 Å². The van der Waals surface area contributed by atoms with Gasteiger partial charge in [0.15, 0.2) is 11.5 Å². The van der Waals surface area contributed by atoms with Crippen LogP contribution in [0.3, 0.4) is 0 Å². The minimum Gasteiger partial charge on any atom is -0.493 e. The lowest BCUT2D eigenvalue weighted by Crippen LogP contribution is -2.34. The van der Waals surface area contributed by atoms with Crippen LogP contribution in [0.5, 0.6) is 17.2 Å². The highest BCUT2D eigenvalue weighted by atomic mass is 32.2. The van der Waals surface area contributed by atoms with Gasteiger partial charge in [-0.05, 0) is 48.5 Å². The van der Waals surface area contributed by atoms with E-state index in [0.29, 0.717) is 17.3 Å². The number of esters is 1. The van der Waals surface area contributed by atoms with Crippen LogP contribution >= 0.6 is 11.8 Å². The lowest BCUT2D eigenvalue weighted by Gasteiger charge is -2.12. The monoisotopic (exact) mass is 503 g/mol. The van der Waals surface area contributed by atoms with Crippen molar-refractivity contribution in [3.05, 3.63) is 67.1 Å². The Hall–Kier alpha value is -4.46. The van der Waals surface area contributed by atoms with E-state index >= 15 is 0 Å². The quantitative estimate of drug-likeness (QED) is 0.210. The summed E-state index contributed by atoms with van der Waals surface area (Å²) in [7, 11) is 1.34. The van der Waals surface area contributed by atoms with Crippen LogP contribution in [-0.4, -0.2) is 52.1 Å². The topological polar surface area (TPSA) is 168 Å². The van der Waals surface area contributed by atoms with Gasteiger partial charge in [0, 0.05) is 6.07 Å². The number of amides is 2. The highest BCUT2D eigenvalue weighted by molar-refractivity contribution is 8.18. The second kappa shape index (κ2) is 10.6.